The van der Waals surface area contributed by atoms with Crippen LogP contribution in [-0.4, -0.2) is 43.7 Å². The number of ether oxygens (including phenoxy) is 1. The van der Waals surface area contributed by atoms with E-state index < -0.39 is 0 Å². The second-order valence-electron chi connectivity index (χ2n) is 4.99. The van der Waals surface area contributed by atoms with Crippen molar-refractivity contribution in [1.82, 2.24) is 15.2 Å². The molecule has 1 aromatic rings. The highest BCUT2D eigenvalue weighted by Crippen LogP contribution is 2.23. The number of rotatable bonds is 6. The molecule has 18 heavy (non-hydrogen) atoms. The van der Waals surface area contributed by atoms with E-state index in [1.807, 2.05) is 13.1 Å². The summed E-state index contributed by atoms with van der Waals surface area (Å²) in [6, 6.07) is 0.512. The minimum absolute atomic E-state index is 0.512. The summed E-state index contributed by atoms with van der Waals surface area (Å²) in [6.07, 6.45) is 1.87. The Balaban J connectivity index is 2.63. The van der Waals surface area contributed by atoms with E-state index in [1.165, 1.54) is 0 Å². The van der Waals surface area contributed by atoms with E-state index >= 15 is 0 Å². The second-order valence-corrected chi connectivity index (χ2v) is 4.99. The van der Waals surface area contributed by atoms with Gasteiger partial charge in [-0.2, -0.15) is 0 Å². The van der Waals surface area contributed by atoms with Crippen LogP contribution >= 0.6 is 0 Å². The molecule has 1 heterocycles. The van der Waals surface area contributed by atoms with Gasteiger partial charge in [0.2, 0.25) is 0 Å². The number of nitrogens with one attached hydrogen (secondary N) is 1. The Morgan fingerprint density at radius 3 is 2.61 bits per heavy atom. The number of hydrogen-bond donors (Lipinski definition) is 1. The first-order chi connectivity index (χ1) is 8.47. The summed E-state index contributed by atoms with van der Waals surface area (Å²) in [4.78, 5) is 6.67. The highest BCUT2D eigenvalue weighted by molar-refractivity contribution is 5.40. The summed E-state index contributed by atoms with van der Waals surface area (Å²) < 4.78 is 5.41. The summed E-state index contributed by atoms with van der Waals surface area (Å²) in [6.45, 7) is 8.00. The molecule has 0 bridgehead atoms. The molecule has 4 nitrogen and oxygen atoms in total. The number of likely N-dealkylation sites (N-methyl/N-ethyl adjacent to an activating group) is 1. The summed E-state index contributed by atoms with van der Waals surface area (Å²) >= 11 is 0. The monoisotopic (exact) mass is 251 g/mol. The van der Waals surface area contributed by atoms with Gasteiger partial charge in [-0.3, -0.25) is 4.98 Å². The van der Waals surface area contributed by atoms with Gasteiger partial charge in [-0.25, -0.2) is 0 Å². The Kier molecular flexibility index (Phi) is 5.56. The van der Waals surface area contributed by atoms with Crippen LogP contribution in [0, 0.1) is 13.8 Å². The van der Waals surface area contributed by atoms with Crippen LogP contribution in [-0.2, 0) is 6.54 Å². The number of aromatic nitrogens is 1. The molecule has 0 saturated carbocycles. The molecule has 0 saturated heterocycles. The lowest BCUT2D eigenvalue weighted by Gasteiger charge is -2.20. The van der Waals surface area contributed by atoms with Crippen molar-refractivity contribution in [3.05, 3.63) is 23.0 Å². The van der Waals surface area contributed by atoms with Crippen molar-refractivity contribution in [1.29, 1.82) is 0 Å². The normalized spacial score (nSPS) is 12.8. The van der Waals surface area contributed by atoms with Crippen molar-refractivity contribution in [2.24, 2.45) is 0 Å². The maximum absolute atomic E-state index is 5.41. The molecule has 1 atom stereocenters. The minimum Gasteiger partial charge on any atom is -0.496 e. The van der Waals surface area contributed by atoms with Crippen LogP contribution in [0.1, 0.15) is 23.7 Å². The van der Waals surface area contributed by atoms with Crippen LogP contribution in [0.3, 0.4) is 0 Å². The Morgan fingerprint density at radius 1 is 1.39 bits per heavy atom. The van der Waals surface area contributed by atoms with Crippen molar-refractivity contribution in [2.45, 2.75) is 33.4 Å². The molecule has 1 aromatic heterocycles. The molecular weight excluding hydrogens is 226 g/mol. The highest BCUT2D eigenvalue weighted by Gasteiger charge is 2.10. The highest BCUT2D eigenvalue weighted by atomic mass is 16.5. The summed E-state index contributed by atoms with van der Waals surface area (Å²) in [7, 11) is 5.89. The predicted molar refractivity (Wildman–Crippen MR) is 75.1 cm³/mol. The molecule has 0 amide bonds. The average molecular weight is 251 g/mol. The topological polar surface area (TPSA) is 37.4 Å². The number of aryl methyl sites for hydroxylation is 1. The van der Waals surface area contributed by atoms with Gasteiger partial charge in [-0.1, -0.05) is 0 Å². The van der Waals surface area contributed by atoms with Crippen molar-refractivity contribution in [3.8, 4) is 5.75 Å². The number of pyridine rings is 1. The Labute approximate surface area is 110 Å². The van der Waals surface area contributed by atoms with Crippen LogP contribution in [0.15, 0.2) is 6.20 Å². The summed E-state index contributed by atoms with van der Waals surface area (Å²) in [5, 5.41) is 3.43. The smallest absolute Gasteiger partial charge is 0.128 e. The molecule has 1 unspecified atom stereocenters. The van der Waals surface area contributed by atoms with E-state index in [-0.39, 0.29) is 0 Å². The van der Waals surface area contributed by atoms with Crippen molar-refractivity contribution < 1.29 is 4.74 Å². The SMILES string of the molecule is COc1c(C)cnc(CNCC(C)N(C)C)c1C. The molecular formula is C14H25N3O. The fourth-order valence-electron chi connectivity index (χ4n) is 1.83. The number of hydrogen-bond acceptors (Lipinski definition) is 4. The number of methoxy groups -OCH3 is 1. The molecule has 1 rings (SSSR count). The predicted octanol–water partition coefficient (Wildman–Crippen LogP) is 1.75. The third kappa shape index (κ3) is 3.68. The van der Waals surface area contributed by atoms with E-state index in [1.54, 1.807) is 7.11 Å². The average Bonchev–Trinajstić information content (AvgIpc) is 2.32. The molecule has 4 heteroatoms. The molecule has 102 valence electrons. The Bertz CT molecular complexity index is 391. The van der Waals surface area contributed by atoms with Gasteiger partial charge in [0, 0.05) is 36.5 Å². The fourth-order valence-corrected chi connectivity index (χ4v) is 1.83. The van der Waals surface area contributed by atoms with Gasteiger partial charge in [0.25, 0.3) is 0 Å². The first-order valence-electron chi connectivity index (χ1n) is 6.33. The number of nitrogens with zero attached hydrogens (tertiary/aromatic N) is 2. The lowest BCUT2D eigenvalue weighted by Crippen LogP contribution is -2.35. The lowest BCUT2D eigenvalue weighted by atomic mass is 10.1. The standard InChI is InChI=1S/C14H25N3O/c1-10-7-16-13(12(3)14(10)18-6)9-15-8-11(2)17(4)5/h7,11,15H,8-9H2,1-6H3. The van der Waals surface area contributed by atoms with Gasteiger partial charge in [0.05, 0.1) is 12.8 Å². The third-order valence-electron chi connectivity index (χ3n) is 3.36. The molecule has 0 spiro atoms. The molecule has 1 N–H and O–H groups in total. The molecule has 0 aliphatic carbocycles. The second kappa shape index (κ2) is 6.71. The maximum Gasteiger partial charge on any atom is 0.128 e. The Hall–Kier alpha value is -1.13. The largest absolute Gasteiger partial charge is 0.496 e. The summed E-state index contributed by atoms with van der Waals surface area (Å²) in [5.41, 5.74) is 3.27. The maximum atomic E-state index is 5.41. The minimum atomic E-state index is 0.512. The Morgan fingerprint density at radius 2 is 2.06 bits per heavy atom. The van der Waals surface area contributed by atoms with Crippen LogP contribution in [0.2, 0.25) is 0 Å². The molecule has 0 aliphatic rings. The van der Waals surface area contributed by atoms with Gasteiger partial charge in [-0.05, 0) is 34.9 Å². The van der Waals surface area contributed by atoms with Crippen molar-refractivity contribution >= 4 is 0 Å². The van der Waals surface area contributed by atoms with Crippen LogP contribution in [0.4, 0.5) is 0 Å². The van der Waals surface area contributed by atoms with Gasteiger partial charge >= 0.3 is 0 Å². The lowest BCUT2D eigenvalue weighted by molar-refractivity contribution is 0.302. The van der Waals surface area contributed by atoms with E-state index in [0.29, 0.717) is 6.04 Å². The van der Waals surface area contributed by atoms with E-state index in [9.17, 15) is 0 Å². The van der Waals surface area contributed by atoms with Gasteiger partial charge < -0.3 is 15.0 Å². The van der Waals surface area contributed by atoms with Crippen molar-refractivity contribution in [2.75, 3.05) is 27.7 Å². The third-order valence-corrected chi connectivity index (χ3v) is 3.36. The quantitative estimate of drug-likeness (QED) is 0.836. The van der Waals surface area contributed by atoms with Crippen LogP contribution in [0.25, 0.3) is 0 Å². The van der Waals surface area contributed by atoms with Crippen LogP contribution < -0.4 is 10.1 Å². The van der Waals surface area contributed by atoms with Gasteiger partial charge in [0.15, 0.2) is 0 Å². The van der Waals surface area contributed by atoms with Gasteiger partial charge in [-0.15, -0.1) is 0 Å². The molecule has 0 aromatic carbocycles. The van der Waals surface area contributed by atoms with Gasteiger partial charge in [0.1, 0.15) is 5.75 Å². The van der Waals surface area contributed by atoms with Crippen molar-refractivity contribution in [3.63, 3.8) is 0 Å². The first kappa shape index (κ1) is 14.9. The first-order valence-corrected chi connectivity index (χ1v) is 6.33. The fraction of sp³-hybridized carbons (Fsp3) is 0.643. The molecule has 0 radical (unpaired) electrons. The summed E-state index contributed by atoms with van der Waals surface area (Å²) in [5.74, 6) is 0.947. The van der Waals surface area contributed by atoms with E-state index in [4.69, 9.17) is 4.74 Å². The van der Waals surface area contributed by atoms with E-state index in [0.717, 1.165) is 35.7 Å². The molecule has 0 aliphatic heterocycles. The zero-order valence-electron chi connectivity index (χ0n) is 12.4. The molecule has 0 fully saturated rings. The van der Waals surface area contributed by atoms with E-state index in [2.05, 4.69) is 43.1 Å². The van der Waals surface area contributed by atoms with Crippen LogP contribution in [0.5, 0.6) is 5.75 Å². The zero-order valence-corrected chi connectivity index (χ0v) is 12.4. The zero-order chi connectivity index (χ0) is 13.7.